The monoisotopic (exact) mass is 364 g/mol. The summed E-state index contributed by atoms with van der Waals surface area (Å²) < 4.78 is 5.22. The van der Waals surface area contributed by atoms with E-state index in [0.717, 1.165) is 62.5 Å². The van der Waals surface area contributed by atoms with Crippen LogP contribution in [0.15, 0.2) is 4.52 Å². The van der Waals surface area contributed by atoms with Crippen molar-refractivity contribution in [2.45, 2.75) is 71.2 Å². The molecule has 2 aliphatic rings. The van der Waals surface area contributed by atoms with Crippen LogP contribution in [0.25, 0.3) is 0 Å². The highest BCUT2D eigenvalue weighted by atomic mass is 16.5. The molecule has 3 rings (SSSR count). The number of aryl methyl sites for hydroxylation is 2. The molecule has 2 saturated heterocycles. The number of β-amino-alcohol motifs (C(OH)–C–C–N with tert-alkyl or cyclic N) is 1. The predicted molar refractivity (Wildman–Crippen MR) is 98.7 cm³/mol. The minimum atomic E-state index is -0.567. The molecule has 26 heavy (non-hydrogen) atoms. The third kappa shape index (κ3) is 3.94. The zero-order valence-corrected chi connectivity index (χ0v) is 16.4. The highest BCUT2D eigenvalue weighted by molar-refractivity contribution is 5.85. The van der Waals surface area contributed by atoms with Crippen molar-refractivity contribution in [3.8, 4) is 0 Å². The lowest BCUT2D eigenvalue weighted by molar-refractivity contribution is -0.133. The van der Waals surface area contributed by atoms with Crippen molar-refractivity contribution < 1.29 is 14.4 Å². The highest BCUT2D eigenvalue weighted by Crippen LogP contribution is 2.23. The quantitative estimate of drug-likeness (QED) is 0.818. The van der Waals surface area contributed by atoms with E-state index in [9.17, 15) is 9.90 Å². The van der Waals surface area contributed by atoms with Crippen molar-refractivity contribution in [3.63, 3.8) is 0 Å². The Morgan fingerprint density at radius 2 is 2.00 bits per heavy atom. The van der Waals surface area contributed by atoms with E-state index in [1.807, 2.05) is 27.7 Å². The lowest BCUT2D eigenvalue weighted by atomic mass is 9.97. The summed E-state index contributed by atoms with van der Waals surface area (Å²) in [7, 11) is 0. The molecule has 2 atom stereocenters. The number of hydrogen-bond acceptors (Lipinski definition) is 6. The lowest BCUT2D eigenvalue weighted by Gasteiger charge is -2.39. The van der Waals surface area contributed by atoms with Crippen LogP contribution >= 0.6 is 0 Å². The van der Waals surface area contributed by atoms with Gasteiger partial charge in [-0.1, -0.05) is 5.16 Å². The molecular weight excluding hydrogens is 332 g/mol. The molecule has 2 N–H and O–H groups in total. The van der Waals surface area contributed by atoms with Gasteiger partial charge in [-0.3, -0.25) is 14.6 Å². The first kappa shape index (κ1) is 19.3. The molecule has 1 aromatic rings. The summed E-state index contributed by atoms with van der Waals surface area (Å²) in [5.41, 5.74) is 1.47. The molecule has 0 radical (unpaired) electrons. The maximum Gasteiger partial charge on any atom is 0.240 e. The fourth-order valence-electron chi connectivity index (χ4n) is 4.03. The zero-order valence-electron chi connectivity index (χ0n) is 16.4. The van der Waals surface area contributed by atoms with Gasteiger partial charge in [-0.25, -0.2) is 0 Å². The number of aliphatic hydroxyl groups excluding tert-OH is 1. The summed E-state index contributed by atoms with van der Waals surface area (Å²) in [6.07, 6.45) is 2.48. The number of aliphatic hydroxyl groups is 1. The van der Waals surface area contributed by atoms with Crippen LogP contribution in [0, 0.1) is 13.8 Å². The Morgan fingerprint density at radius 3 is 2.58 bits per heavy atom. The number of amides is 1. The molecular formula is C19H32N4O3. The van der Waals surface area contributed by atoms with Crippen molar-refractivity contribution in [2.75, 3.05) is 26.2 Å². The van der Waals surface area contributed by atoms with Gasteiger partial charge in [0.25, 0.3) is 0 Å². The predicted octanol–water partition coefficient (Wildman–Crippen LogP) is 1.22. The van der Waals surface area contributed by atoms with Crippen LogP contribution in [0.2, 0.25) is 0 Å². The minimum absolute atomic E-state index is 0.0163. The summed E-state index contributed by atoms with van der Waals surface area (Å²) in [4.78, 5) is 17.2. The molecule has 1 aromatic heterocycles. The van der Waals surface area contributed by atoms with E-state index in [-0.39, 0.29) is 11.9 Å². The second-order valence-corrected chi connectivity index (χ2v) is 8.23. The average molecular weight is 364 g/mol. The average Bonchev–Trinajstić information content (AvgIpc) is 3.23. The Balaban J connectivity index is 1.54. The van der Waals surface area contributed by atoms with Gasteiger partial charge in [-0.15, -0.1) is 0 Å². The molecule has 2 unspecified atom stereocenters. The first-order valence-corrected chi connectivity index (χ1v) is 9.67. The fourth-order valence-corrected chi connectivity index (χ4v) is 4.03. The molecule has 2 fully saturated rings. The number of rotatable bonds is 5. The van der Waals surface area contributed by atoms with Crippen LogP contribution in [-0.2, 0) is 11.3 Å². The highest BCUT2D eigenvalue weighted by Gasteiger charge is 2.38. The summed E-state index contributed by atoms with van der Waals surface area (Å²) in [6, 6.07) is -0.190. The van der Waals surface area contributed by atoms with E-state index in [1.54, 1.807) is 0 Å². The second kappa shape index (κ2) is 7.66. The fraction of sp³-hybridized carbons (Fsp3) is 0.789. The van der Waals surface area contributed by atoms with Crippen molar-refractivity contribution in [1.82, 2.24) is 20.3 Å². The standard InChI is InChI=1S/C19H32N4O3/c1-13-15(14(2)26-21-13)11-22-10-7-16(17(24)12-22)20-18(25)19(3,4)23-8-5-6-9-23/h16-17,24H,5-12H2,1-4H3,(H,20,25). The van der Waals surface area contributed by atoms with Crippen LogP contribution < -0.4 is 5.32 Å². The van der Waals surface area contributed by atoms with Crippen molar-refractivity contribution in [3.05, 3.63) is 17.0 Å². The van der Waals surface area contributed by atoms with Gasteiger partial charge in [0, 0.05) is 25.2 Å². The third-order valence-electron chi connectivity index (χ3n) is 6.00. The smallest absolute Gasteiger partial charge is 0.240 e. The maximum absolute atomic E-state index is 12.8. The number of nitrogens with zero attached hydrogens (tertiary/aromatic N) is 3. The first-order chi connectivity index (χ1) is 12.3. The summed E-state index contributed by atoms with van der Waals surface area (Å²) in [6.45, 7) is 11.8. The Bertz CT molecular complexity index is 617. The topological polar surface area (TPSA) is 81.8 Å². The van der Waals surface area contributed by atoms with Crippen molar-refractivity contribution in [1.29, 1.82) is 0 Å². The Morgan fingerprint density at radius 1 is 1.31 bits per heavy atom. The van der Waals surface area contributed by atoms with Gasteiger partial charge in [0.05, 0.1) is 23.4 Å². The van der Waals surface area contributed by atoms with Crippen LogP contribution in [0.4, 0.5) is 0 Å². The van der Waals surface area contributed by atoms with E-state index in [4.69, 9.17) is 4.52 Å². The van der Waals surface area contributed by atoms with Gasteiger partial charge in [-0.2, -0.15) is 0 Å². The number of carbonyl (C=O) groups excluding carboxylic acids is 1. The molecule has 0 spiro atoms. The van der Waals surface area contributed by atoms with Crippen LogP contribution in [0.5, 0.6) is 0 Å². The lowest BCUT2D eigenvalue weighted by Crippen LogP contribution is -2.60. The molecule has 7 heteroatoms. The molecule has 0 saturated carbocycles. The second-order valence-electron chi connectivity index (χ2n) is 8.23. The Labute approximate surface area is 155 Å². The largest absolute Gasteiger partial charge is 0.390 e. The number of nitrogens with one attached hydrogen (secondary N) is 1. The molecule has 1 amide bonds. The van der Waals surface area contributed by atoms with E-state index in [1.165, 1.54) is 0 Å². The normalized spacial score (nSPS) is 25.6. The van der Waals surface area contributed by atoms with Gasteiger partial charge in [0.2, 0.25) is 5.91 Å². The molecule has 3 heterocycles. The summed E-state index contributed by atoms with van der Waals surface area (Å²) >= 11 is 0. The molecule has 7 nitrogen and oxygen atoms in total. The molecule has 2 aliphatic heterocycles. The molecule has 0 bridgehead atoms. The van der Waals surface area contributed by atoms with E-state index >= 15 is 0 Å². The molecule has 146 valence electrons. The van der Waals surface area contributed by atoms with Gasteiger partial charge in [-0.05, 0) is 60.0 Å². The van der Waals surface area contributed by atoms with Gasteiger partial charge < -0.3 is 14.9 Å². The van der Waals surface area contributed by atoms with Crippen molar-refractivity contribution >= 4 is 5.91 Å². The summed E-state index contributed by atoms with van der Waals surface area (Å²) in [5.74, 6) is 0.849. The molecule has 0 aromatic carbocycles. The number of likely N-dealkylation sites (tertiary alicyclic amines) is 2. The maximum atomic E-state index is 12.8. The SMILES string of the molecule is Cc1noc(C)c1CN1CCC(NC(=O)C(C)(C)N2CCCC2)C(O)C1. The van der Waals surface area contributed by atoms with E-state index in [0.29, 0.717) is 6.54 Å². The zero-order chi connectivity index (χ0) is 18.9. The van der Waals surface area contributed by atoms with Gasteiger partial charge in [0.1, 0.15) is 5.76 Å². The number of piperidine rings is 1. The van der Waals surface area contributed by atoms with Gasteiger partial charge in [0.15, 0.2) is 0 Å². The van der Waals surface area contributed by atoms with Gasteiger partial charge >= 0.3 is 0 Å². The number of hydrogen-bond donors (Lipinski definition) is 2. The van der Waals surface area contributed by atoms with E-state index < -0.39 is 11.6 Å². The minimum Gasteiger partial charge on any atom is -0.390 e. The Hall–Kier alpha value is -1.44. The summed E-state index contributed by atoms with van der Waals surface area (Å²) in [5, 5.41) is 17.7. The Kier molecular flexibility index (Phi) is 5.69. The molecule has 0 aliphatic carbocycles. The first-order valence-electron chi connectivity index (χ1n) is 9.67. The van der Waals surface area contributed by atoms with Crippen LogP contribution in [0.3, 0.4) is 0 Å². The number of aromatic nitrogens is 1. The van der Waals surface area contributed by atoms with Crippen LogP contribution in [-0.4, -0.2) is 69.8 Å². The van der Waals surface area contributed by atoms with Crippen molar-refractivity contribution in [2.24, 2.45) is 0 Å². The third-order valence-corrected chi connectivity index (χ3v) is 6.00. The number of carbonyl (C=O) groups is 1. The van der Waals surface area contributed by atoms with Crippen LogP contribution in [0.1, 0.15) is 50.1 Å². The van der Waals surface area contributed by atoms with E-state index in [2.05, 4.69) is 20.3 Å².